The molecule has 0 aliphatic rings. The fourth-order valence-electron chi connectivity index (χ4n) is 1.26. The number of para-hydroxylation sites is 1. The van der Waals surface area contributed by atoms with E-state index in [0.29, 0.717) is 11.5 Å². The van der Waals surface area contributed by atoms with E-state index in [1.165, 1.54) is 0 Å². The van der Waals surface area contributed by atoms with E-state index in [1.54, 1.807) is 7.11 Å². The minimum atomic E-state index is -0.0432. The van der Waals surface area contributed by atoms with Gasteiger partial charge in [0.05, 0.1) is 19.8 Å². The van der Waals surface area contributed by atoms with Crippen LogP contribution >= 0.6 is 0 Å². The summed E-state index contributed by atoms with van der Waals surface area (Å²) in [6, 6.07) is 5.48. The van der Waals surface area contributed by atoms with Crippen molar-refractivity contribution in [1.82, 2.24) is 0 Å². The molecule has 0 radical (unpaired) electrons. The predicted molar refractivity (Wildman–Crippen MR) is 54.7 cm³/mol. The van der Waals surface area contributed by atoms with Crippen LogP contribution in [0.5, 0.6) is 11.5 Å². The van der Waals surface area contributed by atoms with Crippen molar-refractivity contribution in [2.75, 3.05) is 7.11 Å². The summed E-state index contributed by atoms with van der Waals surface area (Å²) >= 11 is 0. The molecule has 1 N–H and O–H groups in total. The smallest absolute Gasteiger partial charge is 0.166 e. The second kappa shape index (κ2) is 4.86. The number of aliphatic hydroxyl groups excluding tert-OH is 1. The summed E-state index contributed by atoms with van der Waals surface area (Å²) in [4.78, 5) is 0. The van der Waals surface area contributed by atoms with Gasteiger partial charge in [0.25, 0.3) is 0 Å². The van der Waals surface area contributed by atoms with Crippen molar-refractivity contribution in [2.24, 2.45) is 0 Å². The highest BCUT2D eigenvalue weighted by Crippen LogP contribution is 2.31. The molecule has 3 nitrogen and oxygen atoms in total. The van der Waals surface area contributed by atoms with Gasteiger partial charge in [-0.15, -0.1) is 0 Å². The van der Waals surface area contributed by atoms with E-state index < -0.39 is 0 Å². The van der Waals surface area contributed by atoms with E-state index in [9.17, 15) is 0 Å². The summed E-state index contributed by atoms with van der Waals surface area (Å²) in [5, 5.41) is 9.07. The number of methoxy groups -OCH3 is 1. The van der Waals surface area contributed by atoms with Crippen molar-refractivity contribution in [2.45, 2.75) is 26.6 Å². The van der Waals surface area contributed by atoms with Crippen molar-refractivity contribution in [3.8, 4) is 11.5 Å². The summed E-state index contributed by atoms with van der Waals surface area (Å²) in [6.45, 7) is 3.86. The first-order chi connectivity index (χ1) is 6.69. The van der Waals surface area contributed by atoms with Gasteiger partial charge in [0.15, 0.2) is 11.5 Å². The van der Waals surface area contributed by atoms with Crippen molar-refractivity contribution >= 4 is 0 Å². The number of ether oxygens (including phenoxy) is 2. The molecule has 0 heterocycles. The van der Waals surface area contributed by atoms with Crippen LogP contribution in [0.4, 0.5) is 0 Å². The minimum Gasteiger partial charge on any atom is -0.492 e. The second-order valence-electron chi connectivity index (χ2n) is 3.27. The Labute approximate surface area is 84.3 Å². The molecule has 0 atom stereocenters. The molecular formula is C11H16O3. The van der Waals surface area contributed by atoms with Gasteiger partial charge in [-0.1, -0.05) is 12.1 Å². The summed E-state index contributed by atoms with van der Waals surface area (Å²) < 4.78 is 10.7. The standard InChI is InChI=1S/C11H16O3/c1-8(2)14-10-6-4-5-9(7-12)11(10)13-3/h4-6,8,12H,7H2,1-3H3. The second-order valence-corrected chi connectivity index (χ2v) is 3.27. The predicted octanol–water partition coefficient (Wildman–Crippen LogP) is 1.97. The topological polar surface area (TPSA) is 38.7 Å². The average molecular weight is 196 g/mol. The summed E-state index contributed by atoms with van der Waals surface area (Å²) in [5.74, 6) is 1.29. The Morgan fingerprint density at radius 2 is 2.07 bits per heavy atom. The Kier molecular flexibility index (Phi) is 3.77. The lowest BCUT2D eigenvalue weighted by molar-refractivity contribution is 0.224. The fourth-order valence-corrected chi connectivity index (χ4v) is 1.26. The average Bonchev–Trinajstić information content (AvgIpc) is 2.16. The van der Waals surface area contributed by atoms with Crippen molar-refractivity contribution in [3.05, 3.63) is 23.8 Å². The lowest BCUT2D eigenvalue weighted by Crippen LogP contribution is -2.07. The van der Waals surface area contributed by atoms with Gasteiger partial charge in [0.1, 0.15) is 0 Å². The van der Waals surface area contributed by atoms with Crippen LogP contribution in [0.3, 0.4) is 0 Å². The van der Waals surface area contributed by atoms with Gasteiger partial charge >= 0.3 is 0 Å². The fraction of sp³-hybridized carbons (Fsp3) is 0.455. The van der Waals surface area contributed by atoms with Crippen LogP contribution in [0.2, 0.25) is 0 Å². The van der Waals surface area contributed by atoms with E-state index >= 15 is 0 Å². The van der Waals surface area contributed by atoms with Gasteiger partial charge in [-0.3, -0.25) is 0 Å². The normalized spacial score (nSPS) is 10.4. The molecule has 78 valence electrons. The lowest BCUT2D eigenvalue weighted by atomic mass is 10.2. The molecule has 0 bridgehead atoms. The molecule has 0 aliphatic carbocycles. The lowest BCUT2D eigenvalue weighted by Gasteiger charge is -2.15. The van der Waals surface area contributed by atoms with E-state index in [-0.39, 0.29) is 12.7 Å². The molecule has 0 amide bonds. The van der Waals surface area contributed by atoms with E-state index in [1.807, 2.05) is 32.0 Å². The number of hydrogen-bond acceptors (Lipinski definition) is 3. The van der Waals surface area contributed by atoms with Crippen molar-refractivity contribution < 1.29 is 14.6 Å². The van der Waals surface area contributed by atoms with Gasteiger partial charge in [0, 0.05) is 5.56 Å². The first kappa shape index (κ1) is 10.9. The summed E-state index contributed by atoms with van der Waals surface area (Å²) in [5.41, 5.74) is 0.741. The number of aliphatic hydroxyl groups is 1. The Morgan fingerprint density at radius 1 is 1.36 bits per heavy atom. The maximum Gasteiger partial charge on any atom is 0.166 e. The van der Waals surface area contributed by atoms with Crippen LogP contribution in [-0.2, 0) is 6.61 Å². The van der Waals surface area contributed by atoms with Crippen LogP contribution in [0.25, 0.3) is 0 Å². The Hall–Kier alpha value is -1.22. The highest BCUT2D eigenvalue weighted by atomic mass is 16.5. The van der Waals surface area contributed by atoms with Crippen molar-refractivity contribution in [3.63, 3.8) is 0 Å². The maximum atomic E-state index is 9.07. The molecule has 0 aliphatic heterocycles. The monoisotopic (exact) mass is 196 g/mol. The Morgan fingerprint density at radius 3 is 2.57 bits per heavy atom. The van der Waals surface area contributed by atoms with Gasteiger partial charge in [-0.05, 0) is 19.9 Å². The zero-order chi connectivity index (χ0) is 10.6. The van der Waals surface area contributed by atoms with Crippen LogP contribution < -0.4 is 9.47 Å². The van der Waals surface area contributed by atoms with Crippen LogP contribution in [-0.4, -0.2) is 18.3 Å². The summed E-state index contributed by atoms with van der Waals surface area (Å²) in [6.07, 6.45) is 0.0952. The van der Waals surface area contributed by atoms with Crippen LogP contribution in [0.15, 0.2) is 18.2 Å². The maximum absolute atomic E-state index is 9.07. The molecule has 0 spiro atoms. The first-order valence-corrected chi connectivity index (χ1v) is 4.62. The highest BCUT2D eigenvalue weighted by molar-refractivity contribution is 5.46. The zero-order valence-corrected chi connectivity index (χ0v) is 8.78. The molecule has 1 aromatic rings. The SMILES string of the molecule is COc1c(CO)cccc1OC(C)C. The molecular weight excluding hydrogens is 180 g/mol. The number of benzene rings is 1. The largest absolute Gasteiger partial charge is 0.492 e. The molecule has 0 unspecified atom stereocenters. The molecule has 3 heteroatoms. The molecule has 1 rings (SSSR count). The quantitative estimate of drug-likeness (QED) is 0.800. The minimum absolute atomic E-state index is 0.0432. The molecule has 0 fully saturated rings. The van der Waals surface area contributed by atoms with E-state index in [4.69, 9.17) is 14.6 Å². The molecule has 0 saturated carbocycles. The van der Waals surface area contributed by atoms with Gasteiger partial charge in [0.2, 0.25) is 0 Å². The van der Waals surface area contributed by atoms with Gasteiger partial charge in [-0.25, -0.2) is 0 Å². The number of rotatable bonds is 4. The number of hydrogen-bond donors (Lipinski definition) is 1. The third kappa shape index (κ3) is 2.39. The summed E-state index contributed by atoms with van der Waals surface area (Å²) in [7, 11) is 1.57. The van der Waals surface area contributed by atoms with Crippen molar-refractivity contribution in [1.29, 1.82) is 0 Å². The van der Waals surface area contributed by atoms with Crippen LogP contribution in [0.1, 0.15) is 19.4 Å². The highest BCUT2D eigenvalue weighted by Gasteiger charge is 2.09. The molecule has 14 heavy (non-hydrogen) atoms. The van der Waals surface area contributed by atoms with E-state index in [0.717, 1.165) is 5.56 Å². The third-order valence-corrected chi connectivity index (χ3v) is 1.80. The first-order valence-electron chi connectivity index (χ1n) is 4.62. The Balaban J connectivity index is 3.02. The third-order valence-electron chi connectivity index (χ3n) is 1.80. The Bertz CT molecular complexity index is 295. The molecule has 0 aromatic heterocycles. The molecule has 1 aromatic carbocycles. The zero-order valence-electron chi connectivity index (χ0n) is 8.78. The van der Waals surface area contributed by atoms with Gasteiger partial charge < -0.3 is 14.6 Å². The van der Waals surface area contributed by atoms with Crippen LogP contribution in [0, 0.1) is 0 Å². The molecule has 0 saturated heterocycles. The van der Waals surface area contributed by atoms with Gasteiger partial charge in [-0.2, -0.15) is 0 Å². The van der Waals surface area contributed by atoms with E-state index in [2.05, 4.69) is 0 Å².